The zero-order valence-corrected chi connectivity index (χ0v) is 11.8. The van der Waals surface area contributed by atoms with Crippen LogP contribution in [0.2, 0.25) is 0 Å². The number of ether oxygens (including phenoxy) is 1. The van der Waals surface area contributed by atoms with Crippen LogP contribution in [-0.4, -0.2) is 28.0 Å². The summed E-state index contributed by atoms with van der Waals surface area (Å²) in [5.74, 6) is 0.960. The fourth-order valence-corrected chi connectivity index (χ4v) is 4.15. The van der Waals surface area contributed by atoms with Crippen molar-refractivity contribution in [2.45, 2.75) is 6.92 Å². The van der Waals surface area contributed by atoms with Gasteiger partial charge in [-0.15, -0.1) is 0 Å². The Labute approximate surface area is 107 Å². The summed E-state index contributed by atoms with van der Waals surface area (Å²) in [6.45, 7) is 2.17. The van der Waals surface area contributed by atoms with Gasteiger partial charge in [0.2, 0.25) is 0 Å². The van der Waals surface area contributed by atoms with Gasteiger partial charge in [-0.25, -0.2) is 0 Å². The third-order valence-electron chi connectivity index (χ3n) is 2.37. The average Bonchev–Trinajstić information content (AvgIpc) is 2.33. The van der Waals surface area contributed by atoms with Crippen molar-refractivity contribution in [3.63, 3.8) is 0 Å². The molecule has 2 rings (SSSR count). The van der Waals surface area contributed by atoms with Crippen molar-refractivity contribution in [3.05, 3.63) is 54.1 Å². The Morgan fingerprint density at radius 1 is 1.00 bits per heavy atom. The first-order valence-corrected chi connectivity index (χ1v) is 7.50. The second-order valence-electron chi connectivity index (χ2n) is 3.55. The van der Waals surface area contributed by atoms with Crippen LogP contribution in [0.5, 0.6) is 5.75 Å². The second kappa shape index (κ2) is 5.39. The molecule has 0 saturated carbocycles. The molecular weight excluding hydrogens is 312 g/mol. The number of aryl methyl sites for hydroxylation is 1. The van der Waals surface area contributed by atoms with E-state index in [1.807, 2.05) is 6.07 Å². The zero-order valence-electron chi connectivity index (χ0n) is 9.44. The number of benzene rings is 2. The SMILES string of the molecule is COc1ccc(C)c([Te]c2ccccc2)c1. The van der Waals surface area contributed by atoms with Gasteiger partial charge in [-0.2, -0.15) is 0 Å². The molecule has 82 valence electrons. The van der Waals surface area contributed by atoms with Crippen molar-refractivity contribution in [2.24, 2.45) is 0 Å². The fraction of sp³-hybridized carbons (Fsp3) is 0.143. The van der Waals surface area contributed by atoms with Gasteiger partial charge < -0.3 is 0 Å². The molecule has 0 N–H and O–H groups in total. The fourth-order valence-electron chi connectivity index (χ4n) is 1.43. The van der Waals surface area contributed by atoms with E-state index in [1.165, 1.54) is 12.8 Å². The standard InChI is InChI=1S/C14H14OTe/c1-11-8-9-12(15-2)10-14(11)16-13-6-4-3-5-7-13/h3-10H,1-2H3. The zero-order chi connectivity index (χ0) is 11.4. The first kappa shape index (κ1) is 11.5. The summed E-state index contributed by atoms with van der Waals surface area (Å²) in [6.07, 6.45) is 0. The molecule has 1 nitrogen and oxygen atoms in total. The molecule has 0 aromatic heterocycles. The molecule has 0 spiro atoms. The van der Waals surface area contributed by atoms with Crippen LogP contribution < -0.4 is 12.0 Å². The molecule has 0 radical (unpaired) electrons. The summed E-state index contributed by atoms with van der Waals surface area (Å²) in [4.78, 5) is 0. The molecule has 0 atom stereocenters. The van der Waals surface area contributed by atoms with Crippen LogP contribution in [0.4, 0.5) is 0 Å². The Morgan fingerprint density at radius 2 is 1.75 bits per heavy atom. The molecule has 0 aliphatic heterocycles. The molecule has 2 heteroatoms. The predicted octanol–water partition coefficient (Wildman–Crippen LogP) is 1.66. The van der Waals surface area contributed by atoms with Crippen molar-refractivity contribution in [3.8, 4) is 5.75 Å². The van der Waals surface area contributed by atoms with E-state index in [0.717, 1.165) is 5.75 Å². The van der Waals surface area contributed by atoms with Gasteiger partial charge in [-0.1, -0.05) is 0 Å². The molecule has 0 heterocycles. The number of hydrogen-bond donors (Lipinski definition) is 0. The molecule has 0 amide bonds. The molecular formula is C14H14OTe. The third kappa shape index (κ3) is 2.78. The van der Waals surface area contributed by atoms with Crippen molar-refractivity contribution < 1.29 is 4.74 Å². The molecule has 16 heavy (non-hydrogen) atoms. The molecule has 0 unspecified atom stereocenters. The van der Waals surface area contributed by atoms with Gasteiger partial charge in [0.15, 0.2) is 0 Å². The van der Waals surface area contributed by atoms with Crippen LogP contribution in [0.15, 0.2) is 48.5 Å². The minimum atomic E-state index is -0.288. The summed E-state index contributed by atoms with van der Waals surface area (Å²) in [7, 11) is 1.72. The Balaban J connectivity index is 2.27. The second-order valence-corrected chi connectivity index (χ2v) is 6.73. The van der Waals surface area contributed by atoms with E-state index in [1.54, 1.807) is 7.11 Å². The van der Waals surface area contributed by atoms with Crippen LogP contribution >= 0.6 is 0 Å². The summed E-state index contributed by atoms with van der Waals surface area (Å²) in [5, 5.41) is 0. The molecule has 2 aromatic carbocycles. The van der Waals surface area contributed by atoms with Crippen molar-refractivity contribution >= 4 is 28.1 Å². The molecule has 0 aliphatic rings. The van der Waals surface area contributed by atoms with E-state index in [2.05, 4.69) is 49.4 Å². The van der Waals surface area contributed by atoms with Crippen LogP contribution in [-0.2, 0) is 0 Å². The van der Waals surface area contributed by atoms with Gasteiger partial charge in [-0.05, 0) is 0 Å². The van der Waals surface area contributed by atoms with Gasteiger partial charge in [0, 0.05) is 0 Å². The van der Waals surface area contributed by atoms with Crippen LogP contribution in [0.25, 0.3) is 0 Å². The molecule has 0 bridgehead atoms. The van der Waals surface area contributed by atoms with Gasteiger partial charge in [0.25, 0.3) is 0 Å². The van der Waals surface area contributed by atoms with E-state index in [9.17, 15) is 0 Å². The molecule has 0 aliphatic carbocycles. The number of hydrogen-bond acceptors (Lipinski definition) is 1. The van der Waals surface area contributed by atoms with Gasteiger partial charge in [0.1, 0.15) is 0 Å². The normalized spacial score (nSPS) is 10.1. The Morgan fingerprint density at radius 3 is 2.44 bits per heavy atom. The first-order chi connectivity index (χ1) is 7.79. The number of rotatable bonds is 3. The van der Waals surface area contributed by atoms with Gasteiger partial charge in [-0.3, -0.25) is 0 Å². The Kier molecular flexibility index (Phi) is 3.88. The van der Waals surface area contributed by atoms with E-state index in [4.69, 9.17) is 4.74 Å². The van der Waals surface area contributed by atoms with Crippen molar-refractivity contribution in [1.82, 2.24) is 0 Å². The van der Waals surface area contributed by atoms with Crippen LogP contribution in [0.1, 0.15) is 5.56 Å². The first-order valence-electron chi connectivity index (χ1n) is 5.17. The topological polar surface area (TPSA) is 9.23 Å². The van der Waals surface area contributed by atoms with Crippen LogP contribution in [0, 0.1) is 6.92 Å². The monoisotopic (exact) mass is 328 g/mol. The van der Waals surface area contributed by atoms with E-state index in [-0.39, 0.29) is 20.9 Å². The average molecular weight is 326 g/mol. The molecule has 0 fully saturated rings. The Bertz CT molecular complexity index is 465. The third-order valence-corrected chi connectivity index (χ3v) is 5.70. The Hall–Kier alpha value is -0.970. The van der Waals surface area contributed by atoms with Gasteiger partial charge in [0.05, 0.1) is 0 Å². The van der Waals surface area contributed by atoms with Crippen molar-refractivity contribution in [2.75, 3.05) is 7.11 Å². The van der Waals surface area contributed by atoms with E-state index < -0.39 is 0 Å². The maximum atomic E-state index is 5.27. The predicted molar refractivity (Wildman–Crippen MR) is 69.2 cm³/mol. The molecule has 0 saturated heterocycles. The van der Waals surface area contributed by atoms with Crippen molar-refractivity contribution in [1.29, 1.82) is 0 Å². The van der Waals surface area contributed by atoms with Crippen LogP contribution in [0.3, 0.4) is 0 Å². The molecule has 2 aromatic rings. The maximum absolute atomic E-state index is 5.27. The minimum absolute atomic E-state index is 0.288. The summed E-state index contributed by atoms with van der Waals surface area (Å²) in [5.41, 5.74) is 1.37. The van der Waals surface area contributed by atoms with E-state index in [0.29, 0.717) is 0 Å². The summed E-state index contributed by atoms with van der Waals surface area (Å²) >= 11 is -0.288. The van der Waals surface area contributed by atoms with E-state index >= 15 is 0 Å². The quantitative estimate of drug-likeness (QED) is 0.780. The number of methoxy groups -OCH3 is 1. The summed E-state index contributed by atoms with van der Waals surface area (Å²) in [6, 6.07) is 17.0. The summed E-state index contributed by atoms with van der Waals surface area (Å²) < 4.78 is 8.19. The van der Waals surface area contributed by atoms with Gasteiger partial charge >= 0.3 is 107 Å².